The summed E-state index contributed by atoms with van der Waals surface area (Å²) in [4.78, 5) is 12.8. The molecule has 9 nitrogen and oxygen atoms in total. The topological polar surface area (TPSA) is 111 Å². The Kier molecular flexibility index (Phi) is 7.50. The Hall–Kier alpha value is -2.69. The van der Waals surface area contributed by atoms with Gasteiger partial charge < -0.3 is 18.9 Å². The van der Waals surface area contributed by atoms with E-state index in [2.05, 4.69) is 20.0 Å². The van der Waals surface area contributed by atoms with E-state index in [1.165, 1.54) is 11.8 Å². The number of azide groups is 1. The molecule has 0 radical (unpaired) electrons. The molecule has 0 spiro atoms. The average Bonchev–Trinajstić information content (AvgIpc) is 2.90. The Bertz CT molecular complexity index is 1200. The number of fused-ring (bicyclic) bond motifs is 1. The van der Waals surface area contributed by atoms with Crippen LogP contribution in [0.2, 0.25) is 5.02 Å². The molecule has 4 heterocycles. The van der Waals surface area contributed by atoms with Crippen LogP contribution < -0.4 is 0 Å². The Balaban J connectivity index is 1.44. The lowest BCUT2D eigenvalue weighted by Crippen LogP contribution is -2.60. The lowest BCUT2D eigenvalue weighted by Gasteiger charge is -2.47. The van der Waals surface area contributed by atoms with Crippen molar-refractivity contribution in [2.75, 3.05) is 13.7 Å². The Morgan fingerprint density at radius 3 is 2.71 bits per heavy atom. The van der Waals surface area contributed by atoms with Crippen LogP contribution in [0.15, 0.2) is 77.0 Å². The van der Waals surface area contributed by atoms with Crippen molar-refractivity contribution >= 4 is 23.4 Å². The summed E-state index contributed by atoms with van der Waals surface area (Å²) in [6.07, 6.45) is 1.10. The first-order valence-corrected chi connectivity index (χ1v) is 12.2. The lowest BCUT2D eigenvalue weighted by molar-refractivity contribution is -0.298. The number of hydrogen-bond donors (Lipinski definition) is 0. The fourth-order valence-corrected chi connectivity index (χ4v) is 5.76. The monoisotopic (exact) mass is 511 g/mol. The van der Waals surface area contributed by atoms with E-state index in [4.69, 9.17) is 30.5 Å². The highest BCUT2D eigenvalue weighted by Gasteiger charge is 2.50. The second-order valence-corrected chi connectivity index (χ2v) is 9.53. The van der Waals surface area contributed by atoms with Gasteiger partial charge in [-0.2, -0.15) is 0 Å². The third kappa shape index (κ3) is 5.14. The maximum Gasteiger partial charge on any atom is 0.184 e. The van der Waals surface area contributed by atoms with Crippen LogP contribution in [0.4, 0.5) is 0 Å². The third-order valence-corrected chi connectivity index (χ3v) is 7.19. The van der Waals surface area contributed by atoms with E-state index < -0.39 is 36.1 Å². The molecule has 2 saturated heterocycles. The maximum absolute atomic E-state index is 9.34. The molecule has 3 aromatic rings. The third-order valence-electron chi connectivity index (χ3n) is 5.81. The van der Waals surface area contributed by atoms with Crippen molar-refractivity contribution in [1.29, 1.82) is 0 Å². The normalized spacial score (nSPS) is 28.1. The molecule has 180 valence electrons. The van der Waals surface area contributed by atoms with Gasteiger partial charge in [-0.15, -0.1) is 0 Å². The van der Waals surface area contributed by atoms with Gasteiger partial charge in [0.25, 0.3) is 0 Å². The molecule has 0 amide bonds. The first-order chi connectivity index (χ1) is 17.2. The van der Waals surface area contributed by atoms with Gasteiger partial charge in [0.15, 0.2) is 6.29 Å². The van der Waals surface area contributed by atoms with Crippen LogP contribution in [-0.4, -0.2) is 53.5 Å². The molecule has 6 atom stereocenters. The number of thioether (sulfide) groups is 1. The number of methoxy groups -OCH3 is 1. The molecule has 2 aliphatic heterocycles. The standard InChI is InChI=1S/C24H22ClN5O4S/c1-31-22-20(29-30-26)21-17(13-32-23(34-21)14-7-3-2-4-8-14)33-24(22)35-18-11-15(25)12-28-19(18)16-9-5-6-10-27-16/h2-12,17,20-24H,13H2,1H3/t17?,20?,21-,22-,23?,24+/m0/s1. The zero-order valence-electron chi connectivity index (χ0n) is 18.7. The summed E-state index contributed by atoms with van der Waals surface area (Å²) in [5, 5.41) is 4.55. The second kappa shape index (κ2) is 10.9. The fraction of sp³-hybridized carbons (Fsp3) is 0.333. The summed E-state index contributed by atoms with van der Waals surface area (Å²) >= 11 is 7.67. The second-order valence-electron chi connectivity index (χ2n) is 7.95. The molecule has 2 aliphatic rings. The van der Waals surface area contributed by atoms with Gasteiger partial charge in [-0.3, -0.25) is 9.97 Å². The van der Waals surface area contributed by atoms with Crippen LogP contribution in [0.25, 0.3) is 21.8 Å². The van der Waals surface area contributed by atoms with E-state index in [-0.39, 0.29) is 6.61 Å². The van der Waals surface area contributed by atoms with Crippen LogP contribution in [0.5, 0.6) is 0 Å². The minimum Gasteiger partial charge on any atom is -0.377 e. The van der Waals surface area contributed by atoms with Gasteiger partial charge >= 0.3 is 0 Å². The molecule has 11 heteroatoms. The molecule has 2 fully saturated rings. The van der Waals surface area contributed by atoms with Gasteiger partial charge in [0.2, 0.25) is 0 Å². The van der Waals surface area contributed by atoms with Crippen molar-refractivity contribution in [3.05, 3.63) is 88.0 Å². The van der Waals surface area contributed by atoms with Gasteiger partial charge in [-0.1, -0.05) is 64.9 Å². The highest BCUT2D eigenvalue weighted by atomic mass is 35.5. The zero-order valence-corrected chi connectivity index (χ0v) is 20.2. The van der Waals surface area contributed by atoms with Gasteiger partial charge in [-0.25, -0.2) is 0 Å². The largest absolute Gasteiger partial charge is 0.377 e. The number of hydrogen-bond acceptors (Lipinski definition) is 8. The smallest absolute Gasteiger partial charge is 0.184 e. The number of aromatic nitrogens is 2. The van der Waals surface area contributed by atoms with Gasteiger partial charge in [-0.05, 0) is 23.7 Å². The zero-order chi connectivity index (χ0) is 24.2. The van der Waals surface area contributed by atoms with Gasteiger partial charge in [0.1, 0.15) is 29.4 Å². The van der Waals surface area contributed by atoms with Crippen LogP contribution in [0.3, 0.4) is 0 Å². The fourth-order valence-electron chi connectivity index (χ4n) is 4.21. The summed E-state index contributed by atoms with van der Waals surface area (Å²) in [5.41, 5.74) is 11.0. The summed E-state index contributed by atoms with van der Waals surface area (Å²) in [7, 11) is 1.56. The molecule has 2 aromatic heterocycles. The number of pyridine rings is 2. The van der Waals surface area contributed by atoms with E-state index in [9.17, 15) is 5.53 Å². The molecule has 35 heavy (non-hydrogen) atoms. The molecule has 0 N–H and O–H groups in total. The van der Waals surface area contributed by atoms with Crippen molar-refractivity contribution in [2.24, 2.45) is 5.11 Å². The van der Waals surface area contributed by atoms with Crippen molar-refractivity contribution in [3.63, 3.8) is 0 Å². The van der Waals surface area contributed by atoms with Crippen LogP contribution >= 0.6 is 23.4 Å². The Labute approximate surface area is 211 Å². The number of benzene rings is 1. The summed E-state index contributed by atoms with van der Waals surface area (Å²) in [6, 6.07) is 16.4. The Morgan fingerprint density at radius 2 is 1.97 bits per heavy atom. The Morgan fingerprint density at radius 1 is 1.14 bits per heavy atom. The number of ether oxygens (including phenoxy) is 4. The van der Waals surface area contributed by atoms with Crippen molar-refractivity contribution in [1.82, 2.24) is 9.97 Å². The number of nitrogens with zero attached hydrogens (tertiary/aromatic N) is 5. The van der Waals surface area contributed by atoms with Crippen LogP contribution in [0.1, 0.15) is 11.9 Å². The maximum atomic E-state index is 9.34. The van der Waals surface area contributed by atoms with Crippen LogP contribution in [0, 0.1) is 0 Å². The number of halogens is 1. The summed E-state index contributed by atoms with van der Waals surface area (Å²) in [6.45, 7) is 0.274. The van der Waals surface area contributed by atoms with E-state index in [1.54, 1.807) is 19.5 Å². The van der Waals surface area contributed by atoms with Crippen molar-refractivity contribution in [3.8, 4) is 11.4 Å². The molecule has 0 bridgehead atoms. The highest BCUT2D eigenvalue weighted by Crippen LogP contribution is 2.43. The predicted octanol–water partition coefficient (Wildman–Crippen LogP) is 5.42. The molecular weight excluding hydrogens is 490 g/mol. The van der Waals surface area contributed by atoms with Crippen molar-refractivity contribution in [2.45, 2.75) is 41.0 Å². The minimum absolute atomic E-state index is 0.274. The van der Waals surface area contributed by atoms with E-state index in [0.29, 0.717) is 16.4 Å². The first-order valence-electron chi connectivity index (χ1n) is 11.0. The quantitative estimate of drug-likeness (QED) is 0.246. The summed E-state index contributed by atoms with van der Waals surface area (Å²) in [5.74, 6) is 0. The first kappa shape index (κ1) is 24.0. The minimum atomic E-state index is -0.637. The molecular formula is C24H22ClN5O4S. The van der Waals surface area contributed by atoms with E-state index in [1.807, 2.05) is 54.6 Å². The average molecular weight is 512 g/mol. The van der Waals surface area contributed by atoms with E-state index in [0.717, 1.165) is 10.5 Å². The molecule has 1 aromatic carbocycles. The molecule has 5 rings (SSSR count). The van der Waals surface area contributed by atoms with Crippen LogP contribution in [-0.2, 0) is 18.9 Å². The lowest BCUT2D eigenvalue weighted by atomic mass is 9.96. The van der Waals surface area contributed by atoms with Gasteiger partial charge in [0, 0.05) is 34.9 Å². The predicted molar refractivity (Wildman–Crippen MR) is 131 cm³/mol. The number of rotatable bonds is 6. The summed E-state index contributed by atoms with van der Waals surface area (Å²) < 4.78 is 24.4. The van der Waals surface area contributed by atoms with Gasteiger partial charge in [0.05, 0.1) is 23.4 Å². The van der Waals surface area contributed by atoms with E-state index >= 15 is 0 Å². The molecule has 0 saturated carbocycles. The highest BCUT2D eigenvalue weighted by molar-refractivity contribution is 8.00. The SMILES string of the molecule is CO[C@H]1C(N=[N+]=[N-])[C@H]2OC(c3ccccc3)OCC2O[C@@H]1Sc1cc(Cl)cnc1-c1ccccn1. The molecule has 3 unspecified atom stereocenters. The van der Waals surface area contributed by atoms with Crippen molar-refractivity contribution < 1.29 is 18.9 Å². The molecule has 0 aliphatic carbocycles.